The van der Waals surface area contributed by atoms with Gasteiger partial charge in [0.2, 0.25) is 5.91 Å². The van der Waals surface area contributed by atoms with Gasteiger partial charge in [-0.3, -0.25) is 4.79 Å². The molecule has 8 nitrogen and oxygen atoms in total. The molecule has 0 saturated carbocycles. The number of hydrogen-bond acceptors (Lipinski definition) is 6. The number of amides is 1. The number of fused-ring (bicyclic) bond motifs is 1. The number of carbonyl (C=O) groups excluding carboxylic acids is 1. The van der Waals surface area contributed by atoms with E-state index in [2.05, 4.69) is 21.1 Å². The van der Waals surface area contributed by atoms with Crippen molar-refractivity contribution in [3.63, 3.8) is 0 Å². The van der Waals surface area contributed by atoms with Crippen molar-refractivity contribution in [3.05, 3.63) is 42.4 Å². The van der Waals surface area contributed by atoms with Crippen LogP contribution in [0, 0.1) is 0 Å². The maximum atomic E-state index is 11.5. The van der Waals surface area contributed by atoms with E-state index in [4.69, 9.17) is 19.2 Å². The van der Waals surface area contributed by atoms with Crippen LogP contribution in [0.2, 0.25) is 0 Å². The summed E-state index contributed by atoms with van der Waals surface area (Å²) in [5.74, 6) is 0.367. The number of methoxy groups -OCH3 is 1. The minimum Gasteiger partial charge on any atom is -0.378 e. The molecule has 30 heavy (non-hydrogen) atoms. The van der Waals surface area contributed by atoms with Crippen molar-refractivity contribution >= 4 is 22.6 Å². The van der Waals surface area contributed by atoms with E-state index >= 15 is 0 Å². The minimum atomic E-state index is -0.515. The van der Waals surface area contributed by atoms with Crippen molar-refractivity contribution in [2.45, 2.75) is 25.0 Å². The molecule has 5 heterocycles. The van der Waals surface area contributed by atoms with Crippen LogP contribution < -0.4 is 5.32 Å². The molecule has 2 fully saturated rings. The van der Waals surface area contributed by atoms with E-state index in [-0.39, 0.29) is 11.9 Å². The van der Waals surface area contributed by atoms with Gasteiger partial charge in [-0.1, -0.05) is 6.07 Å². The summed E-state index contributed by atoms with van der Waals surface area (Å²) >= 11 is 0. The molecule has 5 rings (SSSR count). The Bertz CT molecular complexity index is 1100. The predicted molar refractivity (Wildman–Crippen MR) is 111 cm³/mol. The van der Waals surface area contributed by atoms with Gasteiger partial charge in [0.05, 0.1) is 49.0 Å². The molecule has 0 spiro atoms. The fraction of sp³-hybridized carbons (Fsp3) is 0.409. The Hall–Kier alpha value is -2.81. The summed E-state index contributed by atoms with van der Waals surface area (Å²) in [6.45, 7) is 3.98. The number of rotatable bonds is 5. The molecule has 3 aromatic heterocycles. The Balaban J connectivity index is 1.64. The van der Waals surface area contributed by atoms with Crippen molar-refractivity contribution in [2.24, 2.45) is 0 Å². The van der Waals surface area contributed by atoms with Gasteiger partial charge >= 0.3 is 0 Å². The summed E-state index contributed by atoms with van der Waals surface area (Å²) in [4.78, 5) is 20.9. The number of anilines is 1. The lowest BCUT2D eigenvalue weighted by atomic mass is 9.97. The molecular weight excluding hydrogens is 384 g/mol. The molecule has 0 aromatic carbocycles. The zero-order valence-electron chi connectivity index (χ0n) is 17.1. The maximum Gasteiger partial charge on any atom is 0.222 e. The zero-order valence-corrected chi connectivity index (χ0v) is 17.1. The third kappa shape index (κ3) is 3.17. The van der Waals surface area contributed by atoms with Crippen molar-refractivity contribution in [2.75, 3.05) is 38.9 Å². The van der Waals surface area contributed by atoms with Crippen molar-refractivity contribution < 1.29 is 19.0 Å². The van der Waals surface area contributed by atoms with Gasteiger partial charge in [-0.2, -0.15) is 0 Å². The van der Waals surface area contributed by atoms with E-state index in [0.717, 1.165) is 34.3 Å². The van der Waals surface area contributed by atoms with E-state index in [9.17, 15) is 4.79 Å². The number of pyridine rings is 2. The second-order valence-corrected chi connectivity index (χ2v) is 7.82. The minimum absolute atomic E-state index is 0.154. The van der Waals surface area contributed by atoms with Gasteiger partial charge in [0.1, 0.15) is 11.4 Å². The van der Waals surface area contributed by atoms with Crippen molar-refractivity contribution in [1.29, 1.82) is 0 Å². The number of nitrogens with zero attached hydrogens (tertiary/aromatic N) is 3. The average Bonchev–Trinajstić information content (AvgIpc) is 3.32. The smallest absolute Gasteiger partial charge is 0.222 e. The second-order valence-electron chi connectivity index (χ2n) is 7.82. The fourth-order valence-corrected chi connectivity index (χ4v) is 4.14. The molecule has 156 valence electrons. The van der Waals surface area contributed by atoms with E-state index in [1.807, 2.05) is 24.3 Å². The lowest BCUT2D eigenvalue weighted by molar-refractivity contribution is -0.114. The quantitative estimate of drug-likeness (QED) is 0.699. The number of ether oxygens (including phenoxy) is 3. The lowest BCUT2D eigenvalue weighted by Crippen LogP contribution is -2.30. The van der Waals surface area contributed by atoms with Crippen LogP contribution in [0.5, 0.6) is 0 Å². The molecule has 0 aliphatic carbocycles. The van der Waals surface area contributed by atoms with Crippen LogP contribution in [-0.2, 0) is 24.6 Å². The summed E-state index contributed by atoms with van der Waals surface area (Å²) in [7, 11) is 1.71. The van der Waals surface area contributed by atoms with Gasteiger partial charge in [-0.05, 0) is 18.2 Å². The Morgan fingerprint density at radius 2 is 2.20 bits per heavy atom. The largest absolute Gasteiger partial charge is 0.378 e. The molecular formula is C22H24N4O4. The standard InChI is InChI=1S/C22H24N4O4/c1-14(27)24-21-8-16-17(10-26(15-11-30-12-15)19(16)9-23-21)18-4-3-5-20(25-18)22(28-2)6-7-29-13-22/h3-5,8-10,15H,6-7,11-13H2,1-2H3,(H,23,24,27)/t22-/m0/s1. The monoisotopic (exact) mass is 408 g/mol. The Morgan fingerprint density at radius 3 is 2.87 bits per heavy atom. The summed E-state index contributed by atoms with van der Waals surface area (Å²) in [5, 5.41) is 3.76. The topological polar surface area (TPSA) is 87.5 Å². The Kier molecular flexibility index (Phi) is 4.77. The normalized spacial score (nSPS) is 21.7. The number of carbonyl (C=O) groups is 1. The fourth-order valence-electron chi connectivity index (χ4n) is 4.14. The van der Waals surface area contributed by atoms with Crippen LogP contribution in [0.3, 0.4) is 0 Å². The van der Waals surface area contributed by atoms with Crippen LogP contribution >= 0.6 is 0 Å². The van der Waals surface area contributed by atoms with Crippen LogP contribution in [-0.4, -0.2) is 54.0 Å². The number of nitrogens with one attached hydrogen (secondary N) is 1. The van der Waals surface area contributed by atoms with Crippen molar-refractivity contribution in [1.82, 2.24) is 14.5 Å². The van der Waals surface area contributed by atoms with Gasteiger partial charge in [-0.25, -0.2) is 9.97 Å². The zero-order chi connectivity index (χ0) is 20.7. The van der Waals surface area contributed by atoms with E-state index < -0.39 is 5.60 Å². The van der Waals surface area contributed by atoms with E-state index in [1.54, 1.807) is 13.3 Å². The van der Waals surface area contributed by atoms with E-state index in [0.29, 0.717) is 32.2 Å². The molecule has 1 amide bonds. The van der Waals surface area contributed by atoms with Crippen LogP contribution in [0.4, 0.5) is 5.82 Å². The first-order valence-corrected chi connectivity index (χ1v) is 10.1. The highest BCUT2D eigenvalue weighted by molar-refractivity contribution is 5.98. The molecule has 8 heteroatoms. The molecule has 0 unspecified atom stereocenters. The van der Waals surface area contributed by atoms with Gasteiger partial charge < -0.3 is 24.1 Å². The molecule has 2 saturated heterocycles. The molecule has 0 radical (unpaired) electrons. The third-order valence-electron chi connectivity index (χ3n) is 5.91. The first-order valence-electron chi connectivity index (χ1n) is 10.1. The SMILES string of the molecule is CO[C@@]1(c2cccc(-c3cn(C4COC4)c4cnc(NC(C)=O)cc34)n2)CCOC1. The predicted octanol–water partition coefficient (Wildman–Crippen LogP) is 2.89. The first-order chi connectivity index (χ1) is 14.6. The Labute approximate surface area is 174 Å². The Morgan fingerprint density at radius 1 is 1.33 bits per heavy atom. The third-order valence-corrected chi connectivity index (χ3v) is 5.91. The molecule has 3 aromatic rings. The van der Waals surface area contributed by atoms with Gasteiger partial charge in [0, 0.05) is 44.2 Å². The van der Waals surface area contributed by atoms with E-state index in [1.165, 1.54) is 6.92 Å². The molecule has 0 bridgehead atoms. The van der Waals surface area contributed by atoms with Crippen molar-refractivity contribution in [3.8, 4) is 11.3 Å². The summed E-state index contributed by atoms with van der Waals surface area (Å²) in [6.07, 6.45) is 4.68. The molecule has 1 N–H and O–H groups in total. The molecule has 2 aliphatic rings. The average molecular weight is 408 g/mol. The molecule has 1 atom stereocenters. The maximum absolute atomic E-state index is 11.5. The highest BCUT2D eigenvalue weighted by Crippen LogP contribution is 2.37. The van der Waals surface area contributed by atoms with Gasteiger partial charge in [-0.15, -0.1) is 0 Å². The number of aromatic nitrogens is 3. The summed E-state index contributed by atoms with van der Waals surface area (Å²) in [6, 6.07) is 8.16. The number of hydrogen-bond donors (Lipinski definition) is 1. The second kappa shape index (κ2) is 7.46. The lowest BCUT2D eigenvalue weighted by Gasteiger charge is -2.28. The van der Waals surface area contributed by atoms with Crippen LogP contribution in [0.15, 0.2) is 36.7 Å². The van der Waals surface area contributed by atoms with Gasteiger partial charge in [0.15, 0.2) is 0 Å². The van der Waals surface area contributed by atoms with Crippen LogP contribution in [0.1, 0.15) is 25.1 Å². The van der Waals surface area contributed by atoms with Crippen LogP contribution in [0.25, 0.3) is 22.2 Å². The summed E-state index contributed by atoms with van der Waals surface area (Å²) < 4.78 is 19.0. The van der Waals surface area contributed by atoms with Gasteiger partial charge in [0.25, 0.3) is 0 Å². The highest BCUT2D eigenvalue weighted by atomic mass is 16.5. The summed E-state index contributed by atoms with van der Waals surface area (Å²) in [5.41, 5.74) is 3.17. The first kappa shape index (κ1) is 19.2. The highest BCUT2D eigenvalue weighted by Gasteiger charge is 2.38. The molecule has 2 aliphatic heterocycles.